The minimum absolute atomic E-state index is 0. The van der Waals surface area contributed by atoms with Crippen molar-refractivity contribution in [3.05, 3.63) is 0 Å². The average Bonchev–Trinajstić information content (AvgIpc) is 2.01. The van der Waals surface area contributed by atoms with Gasteiger partial charge in [0.1, 0.15) is 0 Å². The lowest BCUT2D eigenvalue weighted by atomic mass is 9.62. The zero-order valence-corrected chi connectivity index (χ0v) is 10.4. The van der Waals surface area contributed by atoms with Crippen LogP contribution < -0.4 is 5.73 Å². The second-order valence-electron chi connectivity index (χ2n) is 5.47. The molecule has 0 heterocycles. The summed E-state index contributed by atoms with van der Waals surface area (Å²) in [6, 6.07) is 0. The van der Waals surface area contributed by atoms with Crippen molar-refractivity contribution in [3.63, 3.8) is 0 Å². The summed E-state index contributed by atoms with van der Waals surface area (Å²) in [7, 11) is 0. The van der Waals surface area contributed by atoms with E-state index in [1.54, 1.807) is 0 Å². The summed E-state index contributed by atoms with van der Waals surface area (Å²) in [6.07, 6.45) is 4.45. The second kappa shape index (κ2) is 5.17. The van der Waals surface area contributed by atoms with Crippen LogP contribution in [0.3, 0.4) is 0 Å². The van der Waals surface area contributed by atoms with E-state index in [0.29, 0.717) is 6.54 Å². The lowest BCUT2D eigenvalue weighted by Crippen LogP contribution is -2.40. The van der Waals surface area contributed by atoms with Crippen molar-refractivity contribution in [1.29, 1.82) is 0 Å². The van der Waals surface area contributed by atoms with Crippen molar-refractivity contribution in [2.45, 2.75) is 46.0 Å². The van der Waals surface area contributed by atoms with E-state index in [0.717, 1.165) is 19.3 Å². The summed E-state index contributed by atoms with van der Waals surface area (Å²) in [5, 5.41) is 8.88. The molecular weight excluding hydrogens is 214 g/mol. The normalized spacial score (nSPS) is 29.3. The van der Waals surface area contributed by atoms with Gasteiger partial charge in [0.05, 0.1) is 6.42 Å². The zero-order valence-electron chi connectivity index (χ0n) is 9.58. The fraction of sp³-hybridized carbons (Fsp3) is 0.909. The monoisotopic (exact) mass is 235 g/mol. The van der Waals surface area contributed by atoms with Gasteiger partial charge >= 0.3 is 5.97 Å². The van der Waals surface area contributed by atoms with Crippen LogP contribution in [-0.4, -0.2) is 17.6 Å². The molecule has 0 bridgehead atoms. The van der Waals surface area contributed by atoms with Gasteiger partial charge in [-0.3, -0.25) is 4.79 Å². The van der Waals surface area contributed by atoms with Crippen LogP contribution >= 0.6 is 12.4 Å². The molecule has 0 amide bonds. The van der Waals surface area contributed by atoms with Gasteiger partial charge in [-0.05, 0) is 36.6 Å². The van der Waals surface area contributed by atoms with Crippen molar-refractivity contribution in [2.75, 3.05) is 6.54 Å². The number of halogens is 1. The summed E-state index contributed by atoms with van der Waals surface area (Å²) < 4.78 is 0. The molecule has 0 aromatic rings. The molecule has 0 saturated heterocycles. The van der Waals surface area contributed by atoms with E-state index in [1.807, 2.05) is 0 Å². The lowest BCUT2D eigenvalue weighted by Gasteiger charge is -2.43. The molecule has 0 aliphatic heterocycles. The topological polar surface area (TPSA) is 63.3 Å². The third-order valence-corrected chi connectivity index (χ3v) is 3.37. The van der Waals surface area contributed by atoms with Crippen LogP contribution in [-0.2, 0) is 4.79 Å². The fourth-order valence-electron chi connectivity index (χ4n) is 2.85. The maximum Gasteiger partial charge on any atom is 0.303 e. The Bertz CT molecular complexity index is 231. The quantitative estimate of drug-likeness (QED) is 0.790. The molecule has 0 radical (unpaired) electrons. The molecule has 0 aromatic heterocycles. The van der Waals surface area contributed by atoms with Crippen LogP contribution in [0.1, 0.15) is 46.0 Å². The number of carboxylic acids is 1. The SMILES string of the molecule is CC1(C)CCCC(CN)(CC(=O)O)C1.Cl. The Morgan fingerprint density at radius 1 is 1.40 bits per heavy atom. The van der Waals surface area contributed by atoms with Crippen molar-refractivity contribution in [1.82, 2.24) is 0 Å². The Morgan fingerprint density at radius 3 is 2.40 bits per heavy atom. The molecule has 90 valence electrons. The van der Waals surface area contributed by atoms with E-state index in [2.05, 4.69) is 13.8 Å². The first-order chi connectivity index (χ1) is 6.39. The van der Waals surface area contributed by atoms with Crippen LogP contribution in [0.2, 0.25) is 0 Å². The highest BCUT2D eigenvalue weighted by atomic mass is 35.5. The van der Waals surface area contributed by atoms with Gasteiger partial charge in [-0.25, -0.2) is 0 Å². The molecule has 1 fully saturated rings. The molecule has 0 spiro atoms. The number of aliphatic carboxylic acids is 1. The number of nitrogens with two attached hydrogens (primary N) is 1. The Kier molecular flexibility index (Phi) is 5.07. The maximum atomic E-state index is 10.8. The third kappa shape index (κ3) is 3.99. The molecule has 15 heavy (non-hydrogen) atoms. The highest BCUT2D eigenvalue weighted by molar-refractivity contribution is 5.85. The van der Waals surface area contributed by atoms with Crippen molar-refractivity contribution >= 4 is 18.4 Å². The van der Waals surface area contributed by atoms with Crippen LogP contribution in [0, 0.1) is 10.8 Å². The van der Waals surface area contributed by atoms with Crippen molar-refractivity contribution < 1.29 is 9.90 Å². The molecule has 1 rings (SSSR count). The number of carboxylic acid groups (broad SMARTS) is 1. The first-order valence-electron chi connectivity index (χ1n) is 5.31. The standard InChI is InChI=1S/C11H21NO2.ClH/c1-10(2)4-3-5-11(7-10,8-12)6-9(13)14;/h3-8,12H2,1-2H3,(H,13,14);1H. The molecule has 1 aliphatic carbocycles. The predicted octanol–water partition coefficient (Wildman–Crippen LogP) is 2.43. The average molecular weight is 236 g/mol. The van der Waals surface area contributed by atoms with Crippen LogP contribution in [0.5, 0.6) is 0 Å². The molecule has 1 aliphatic rings. The van der Waals surface area contributed by atoms with E-state index in [1.165, 1.54) is 6.42 Å². The van der Waals surface area contributed by atoms with Gasteiger partial charge in [0, 0.05) is 0 Å². The zero-order chi connectivity index (χ0) is 10.8. The molecule has 1 unspecified atom stereocenters. The fourth-order valence-corrected chi connectivity index (χ4v) is 2.85. The van der Waals surface area contributed by atoms with Crippen molar-refractivity contribution in [2.24, 2.45) is 16.6 Å². The van der Waals surface area contributed by atoms with Crippen LogP contribution in [0.25, 0.3) is 0 Å². The largest absolute Gasteiger partial charge is 0.481 e. The first kappa shape index (κ1) is 14.7. The van der Waals surface area contributed by atoms with Gasteiger partial charge in [0.15, 0.2) is 0 Å². The summed E-state index contributed by atoms with van der Waals surface area (Å²) in [5.41, 5.74) is 5.86. The van der Waals surface area contributed by atoms with Gasteiger partial charge in [-0.2, -0.15) is 0 Å². The van der Waals surface area contributed by atoms with E-state index in [-0.39, 0.29) is 29.7 Å². The van der Waals surface area contributed by atoms with Gasteiger partial charge in [-0.15, -0.1) is 12.4 Å². The van der Waals surface area contributed by atoms with E-state index in [4.69, 9.17) is 10.8 Å². The number of carbonyl (C=O) groups is 1. The molecule has 3 nitrogen and oxygen atoms in total. The first-order valence-corrected chi connectivity index (χ1v) is 5.31. The minimum atomic E-state index is -0.715. The van der Waals surface area contributed by atoms with Gasteiger partial charge in [0.2, 0.25) is 0 Å². The van der Waals surface area contributed by atoms with Crippen molar-refractivity contribution in [3.8, 4) is 0 Å². The maximum absolute atomic E-state index is 10.8. The molecule has 4 heteroatoms. The minimum Gasteiger partial charge on any atom is -0.481 e. The van der Waals surface area contributed by atoms with E-state index in [9.17, 15) is 4.79 Å². The second-order valence-corrected chi connectivity index (χ2v) is 5.47. The van der Waals surface area contributed by atoms with E-state index >= 15 is 0 Å². The Morgan fingerprint density at radius 2 is 2.00 bits per heavy atom. The molecule has 0 aromatic carbocycles. The van der Waals surface area contributed by atoms with Gasteiger partial charge in [0.25, 0.3) is 0 Å². The Balaban J connectivity index is 0.00000196. The van der Waals surface area contributed by atoms with Crippen LogP contribution in [0.15, 0.2) is 0 Å². The number of rotatable bonds is 3. The molecule has 1 saturated carbocycles. The summed E-state index contributed by atoms with van der Waals surface area (Å²) in [5.74, 6) is -0.715. The number of hydrogen-bond donors (Lipinski definition) is 2. The summed E-state index contributed by atoms with van der Waals surface area (Å²) >= 11 is 0. The Hall–Kier alpha value is -0.280. The van der Waals surface area contributed by atoms with Crippen LogP contribution in [0.4, 0.5) is 0 Å². The molecule has 3 N–H and O–H groups in total. The molecule has 1 atom stereocenters. The number of hydrogen-bond acceptors (Lipinski definition) is 2. The molecular formula is C11H22ClNO2. The highest BCUT2D eigenvalue weighted by Crippen LogP contribution is 2.47. The predicted molar refractivity (Wildman–Crippen MR) is 63.2 cm³/mol. The van der Waals surface area contributed by atoms with Gasteiger partial charge < -0.3 is 10.8 Å². The third-order valence-electron chi connectivity index (χ3n) is 3.37. The highest BCUT2D eigenvalue weighted by Gasteiger charge is 2.40. The smallest absolute Gasteiger partial charge is 0.303 e. The Labute approximate surface area is 97.8 Å². The van der Waals surface area contributed by atoms with Gasteiger partial charge in [-0.1, -0.05) is 20.3 Å². The summed E-state index contributed by atoms with van der Waals surface area (Å²) in [6.45, 7) is 4.92. The summed E-state index contributed by atoms with van der Waals surface area (Å²) in [4.78, 5) is 10.8. The van der Waals surface area contributed by atoms with E-state index < -0.39 is 5.97 Å². The lowest BCUT2D eigenvalue weighted by molar-refractivity contribution is -0.140.